The smallest absolute Gasteiger partial charge is 0.256 e. The molecule has 0 saturated heterocycles. The quantitative estimate of drug-likeness (QED) is 0.134. The number of hydrogen-bond acceptors (Lipinski definition) is 6. The number of rotatable bonds is 9. The van der Waals surface area contributed by atoms with E-state index in [0.29, 0.717) is 0 Å². The lowest BCUT2D eigenvalue weighted by Crippen LogP contribution is -2.65. The van der Waals surface area contributed by atoms with E-state index in [9.17, 15) is 0 Å². The molecular formula is C74H55B2N5O. The van der Waals surface area contributed by atoms with Crippen molar-refractivity contribution in [3.05, 3.63) is 308 Å². The monoisotopic (exact) mass is 1050 g/mol. The highest BCUT2D eigenvalue weighted by Crippen LogP contribution is 2.54. The zero-order valence-corrected chi connectivity index (χ0v) is 45.6. The second kappa shape index (κ2) is 19.3. The van der Waals surface area contributed by atoms with Crippen LogP contribution in [0.4, 0.5) is 68.2 Å². The highest BCUT2D eigenvalue weighted by Gasteiger charge is 2.54. The number of aryl methyl sites for hydroxylation is 2. The third-order valence-electron chi connectivity index (χ3n) is 17.3. The van der Waals surface area contributed by atoms with Gasteiger partial charge in [0.05, 0.1) is 11.7 Å². The van der Waals surface area contributed by atoms with E-state index in [4.69, 9.17) is 4.74 Å². The van der Waals surface area contributed by atoms with Gasteiger partial charge in [-0.25, -0.2) is 0 Å². The molecule has 0 spiro atoms. The van der Waals surface area contributed by atoms with Crippen LogP contribution in [0.2, 0.25) is 5.82 Å². The lowest BCUT2D eigenvalue weighted by Gasteiger charge is -2.54. The van der Waals surface area contributed by atoms with Crippen molar-refractivity contribution in [2.75, 3.05) is 24.5 Å². The summed E-state index contributed by atoms with van der Waals surface area (Å²) in [7, 11) is 0. The van der Waals surface area contributed by atoms with Gasteiger partial charge in [0.25, 0.3) is 6.71 Å². The van der Waals surface area contributed by atoms with Crippen LogP contribution in [0.1, 0.15) is 11.1 Å². The van der Waals surface area contributed by atoms with Crippen LogP contribution < -0.4 is 56.6 Å². The average Bonchev–Trinajstić information content (AvgIpc) is 3.68. The van der Waals surface area contributed by atoms with Crippen molar-refractivity contribution < 1.29 is 4.74 Å². The van der Waals surface area contributed by atoms with Gasteiger partial charge < -0.3 is 29.2 Å². The fraction of sp³-hybridized carbons (Fsp3) is 0.0541. The molecule has 5 aliphatic rings. The number of benzene rings is 11. The van der Waals surface area contributed by atoms with Crippen LogP contribution in [-0.4, -0.2) is 19.5 Å². The first kappa shape index (κ1) is 47.8. The van der Waals surface area contributed by atoms with Gasteiger partial charge in [-0.1, -0.05) is 169 Å². The Hall–Kier alpha value is -10.2. The number of anilines is 12. The zero-order valence-electron chi connectivity index (χ0n) is 45.6. The normalized spacial score (nSPS) is 15.8. The SMILES string of the molecule is Cc1ccc2c(c1)Oc1cc(N(c3ccccc3)c3ccccc3)cc3c1B2c1cc2c(cc1N3c1ccccc1)N(c1ccccc1)C1=CC(N(c3ccccc3)c3ccccc3)=CC3C1B2c1ccc(C)cc1N3c1ccccc1. The van der Waals surface area contributed by atoms with Crippen molar-refractivity contribution in [2.24, 2.45) is 0 Å². The summed E-state index contributed by atoms with van der Waals surface area (Å²) in [4.78, 5) is 12.6. The maximum absolute atomic E-state index is 7.31. The molecule has 388 valence electrons. The topological polar surface area (TPSA) is 25.4 Å². The maximum Gasteiger partial charge on any atom is 0.256 e. The first-order valence-corrected chi connectivity index (χ1v) is 28.6. The van der Waals surface area contributed by atoms with Crippen molar-refractivity contribution in [3.63, 3.8) is 0 Å². The molecule has 11 aromatic carbocycles. The summed E-state index contributed by atoms with van der Waals surface area (Å²) in [6, 6.07) is 100.0. The minimum Gasteiger partial charge on any atom is -0.458 e. The van der Waals surface area contributed by atoms with Gasteiger partial charge in [0.1, 0.15) is 11.5 Å². The van der Waals surface area contributed by atoms with Gasteiger partial charge in [0.2, 0.25) is 6.71 Å². The molecule has 8 heteroatoms. The zero-order chi connectivity index (χ0) is 54.4. The number of ether oxygens (including phenoxy) is 1. The minimum atomic E-state index is -0.145. The van der Waals surface area contributed by atoms with Crippen LogP contribution in [0.15, 0.2) is 297 Å². The maximum atomic E-state index is 7.31. The molecule has 2 atom stereocenters. The Morgan fingerprint density at radius 3 is 1.46 bits per heavy atom. The van der Waals surface area contributed by atoms with Gasteiger partial charge in [-0.05, 0) is 163 Å². The molecule has 11 aromatic rings. The fourth-order valence-electron chi connectivity index (χ4n) is 14.0. The first-order chi connectivity index (χ1) is 40.5. The Morgan fingerprint density at radius 1 is 0.378 bits per heavy atom. The molecule has 0 aromatic heterocycles. The van der Waals surface area contributed by atoms with E-state index in [2.05, 4.69) is 323 Å². The molecule has 0 amide bonds. The second-order valence-corrected chi connectivity index (χ2v) is 22.2. The third-order valence-corrected chi connectivity index (χ3v) is 17.3. The predicted octanol–water partition coefficient (Wildman–Crippen LogP) is 15.4. The van der Waals surface area contributed by atoms with E-state index in [1.165, 1.54) is 38.8 Å². The molecule has 0 saturated carbocycles. The number of fused-ring (bicyclic) bond motifs is 8. The first-order valence-electron chi connectivity index (χ1n) is 28.6. The van der Waals surface area contributed by atoms with E-state index >= 15 is 0 Å². The van der Waals surface area contributed by atoms with Crippen LogP contribution in [-0.2, 0) is 0 Å². The molecule has 16 rings (SSSR count). The summed E-state index contributed by atoms with van der Waals surface area (Å²) in [6.45, 7) is 4.23. The minimum absolute atomic E-state index is 0.0101. The Balaban J connectivity index is 1.01. The van der Waals surface area contributed by atoms with Crippen LogP contribution in [0.25, 0.3) is 0 Å². The number of para-hydroxylation sites is 7. The lowest BCUT2D eigenvalue weighted by molar-refractivity contribution is 0.487. The van der Waals surface area contributed by atoms with Gasteiger partial charge in [-0.2, -0.15) is 0 Å². The molecule has 4 aliphatic heterocycles. The standard InChI is InChI=1S/C74H55B2N5O/c1-50-38-40-61-65(42-50)79(56-32-18-7-19-33-56)68-44-59(77(52-24-10-3-11-25-52)53-26-12-4-13-27-53)45-69-73(68)75(61)63-48-64-67(49-66(63)80(69)57-34-20-8-21-35-57)81(58-36-22-9-23-37-58)70-46-60(78(54-28-14-5-15-29-54)55-30-16-6-17-31-55)47-72-74(70)76(64)62-41-39-51(2)43-71(62)82-72/h3-49,68,73H,1-2H3. The third kappa shape index (κ3) is 7.66. The number of hydrogen-bond donors (Lipinski definition) is 0. The summed E-state index contributed by atoms with van der Waals surface area (Å²) in [5.41, 5.74) is 24.2. The Bertz CT molecular complexity index is 4240. The van der Waals surface area contributed by atoms with Crippen LogP contribution >= 0.6 is 0 Å². The molecule has 6 nitrogen and oxygen atoms in total. The molecule has 0 radical (unpaired) electrons. The van der Waals surface area contributed by atoms with Crippen molar-refractivity contribution >= 4 is 109 Å². The Kier molecular flexibility index (Phi) is 11.2. The molecule has 4 heterocycles. The van der Waals surface area contributed by atoms with Crippen molar-refractivity contribution in [2.45, 2.75) is 25.7 Å². The van der Waals surface area contributed by atoms with Gasteiger partial charge in [-0.3, -0.25) is 0 Å². The van der Waals surface area contributed by atoms with Gasteiger partial charge >= 0.3 is 0 Å². The number of allylic oxidation sites excluding steroid dienone is 1. The predicted molar refractivity (Wildman–Crippen MR) is 344 cm³/mol. The lowest BCUT2D eigenvalue weighted by atomic mass is 9.27. The largest absolute Gasteiger partial charge is 0.458 e. The Morgan fingerprint density at radius 2 is 0.878 bits per heavy atom. The molecule has 0 bridgehead atoms. The highest BCUT2D eigenvalue weighted by molar-refractivity contribution is 7.00. The molecule has 0 N–H and O–H groups in total. The average molecular weight is 1050 g/mol. The second-order valence-electron chi connectivity index (χ2n) is 22.2. The van der Waals surface area contributed by atoms with E-state index in [1.807, 2.05) is 0 Å². The van der Waals surface area contributed by atoms with Crippen LogP contribution in [0.3, 0.4) is 0 Å². The summed E-state index contributed by atoms with van der Waals surface area (Å²) in [5.74, 6) is 1.74. The van der Waals surface area contributed by atoms with E-state index in [0.717, 1.165) is 90.8 Å². The fourth-order valence-corrected chi connectivity index (χ4v) is 14.0. The molecule has 0 fully saturated rings. The molecule has 1 aliphatic carbocycles. The van der Waals surface area contributed by atoms with E-state index in [1.54, 1.807) is 0 Å². The summed E-state index contributed by atoms with van der Waals surface area (Å²) >= 11 is 0. The summed E-state index contributed by atoms with van der Waals surface area (Å²) in [5, 5.41) is 0. The van der Waals surface area contributed by atoms with Crippen molar-refractivity contribution in [1.82, 2.24) is 0 Å². The van der Waals surface area contributed by atoms with Crippen LogP contribution in [0.5, 0.6) is 11.5 Å². The molecule has 82 heavy (non-hydrogen) atoms. The van der Waals surface area contributed by atoms with Crippen molar-refractivity contribution in [3.8, 4) is 11.5 Å². The van der Waals surface area contributed by atoms with Gasteiger partial charge in [-0.15, -0.1) is 0 Å². The van der Waals surface area contributed by atoms with E-state index in [-0.39, 0.29) is 25.3 Å². The summed E-state index contributed by atoms with van der Waals surface area (Å²) in [6.07, 6.45) is 5.07. The number of nitrogens with zero attached hydrogens (tertiary/aromatic N) is 5. The van der Waals surface area contributed by atoms with Crippen LogP contribution in [0, 0.1) is 13.8 Å². The highest BCUT2D eigenvalue weighted by atomic mass is 16.5. The van der Waals surface area contributed by atoms with Gasteiger partial charge in [0, 0.05) is 85.8 Å². The summed E-state index contributed by atoms with van der Waals surface area (Å²) < 4.78 is 7.31. The molecule has 2 unspecified atom stereocenters. The van der Waals surface area contributed by atoms with Crippen molar-refractivity contribution in [1.29, 1.82) is 0 Å². The Labute approximate surface area is 480 Å². The van der Waals surface area contributed by atoms with E-state index < -0.39 is 0 Å². The molecular weight excluding hydrogens is 996 g/mol. The van der Waals surface area contributed by atoms with Gasteiger partial charge in [0.15, 0.2) is 0 Å².